The van der Waals surface area contributed by atoms with Crippen LogP contribution in [0.3, 0.4) is 0 Å². The van der Waals surface area contributed by atoms with Gasteiger partial charge in [-0.05, 0) is 57.8 Å². The Morgan fingerprint density at radius 3 is 2.00 bits per heavy atom. The minimum atomic E-state index is -0.413. The molecular weight excluding hydrogens is 162 g/mol. The van der Waals surface area contributed by atoms with Gasteiger partial charge in [0.25, 0.3) is 0 Å². The standard InChI is InChI=1S/C11H21NO/c1-10(12)4-8-3-9(5-10)7-11(2,13)6-8/h8-9,13H,3-7,12H2,1-2H3. The highest BCUT2D eigenvalue weighted by atomic mass is 16.3. The van der Waals surface area contributed by atoms with Crippen molar-refractivity contribution >= 4 is 0 Å². The smallest absolute Gasteiger partial charge is 0.0625 e. The minimum Gasteiger partial charge on any atom is -0.390 e. The molecule has 2 bridgehead atoms. The number of fused-ring (bicyclic) bond motifs is 2. The van der Waals surface area contributed by atoms with E-state index in [0.717, 1.165) is 25.7 Å². The third-order valence-corrected chi connectivity index (χ3v) is 3.63. The molecule has 0 aromatic heterocycles. The van der Waals surface area contributed by atoms with Gasteiger partial charge in [0.1, 0.15) is 0 Å². The monoisotopic (exact) mass is 183 g/mol. The zero-order valence-corrected chi connectivity index (χ0v) is 8.71. The van der Waals surface area contributed by atoms with E-state index < -0.39 is 5.60 Å². The van der Waals surface area contributed by atoms with Gasteiger partial charge in [-0.2, -0.15) is 0 Å². The van der Waals surface area contributed by atoms with E-state index >= 15 is 0 Å². The lowest BCUT2D eigenvalue weighted by atomic mass is 9.61. The second-order valence-electron chi connectivity index (χ2n) is 5.94. The number of hydrogen-bond donors (Lipinski definition) is 2. The summed E-state index contributed by atoms with van der Waals surface area (Å²) in [4.78, 5) is 0. The van der Waals surface area contributed by atoms with Crippen LogP contribution in [0, 0.1) is 11.8 Å². The maximum atomic E-state index is 10.0. The van der Waals surface area contributed by atoms with Gasteiger partial charge in [0, 0.05) is 5.54 Å². The van der Waals surface area contributed by atoms with Crippen LogP contribution in [0.2, 0.25) is 0 Å². The zero-order chi connectivity index (χ0) is 9.69. The fraction of sp³-hybridized carbons (Fsp3) is 1.00. The molecule has 0 amide bonds. The summed E-state index contributed by atoms with van der Waals surface area (Å²) in [5.41, 5.74) is 5.79. The highest BCUT2D eigenvalue weighted by Gasteiger charge is 2.43. The summed E-state index contributed by atoms with van der Waals surface area (Å²) in [6.45, 7) is 4.14. The first-order chi connectivity index (χ1) is 5.86. The van der Waals surface area contributed by atoms with Crippen LogP contribution in [-0.2, 0) is 0 Å². The summed E-state index contributed by atoms with van der Waals surface area (Å²) in [5.74, 6) is 1.33. The van der Waals surface area contributed by atoms with E-state index in [1.165, 1.54) is 6.42 Å². The van der Waals surface area contributed by atoms with Crippen LogP contribution in [0.5, 0.6) is 0 Å². The van der Waals surface area contributed by atoms with Crippen molar-refractivity contribution in [3.05, 3.63) is 0 Å². The lowest BCUT2D eigenvalue weighted by molar-refractivity contribution is -0.0497. The predicted molar refractivity (Wildman–Crippen MR) is 53.3 cm³/mol. The molecule has 2 fully saturated rings. The maximum Gasteiger partial charge on any atom is 0.0625 e. The molecule has 0 aliphatic heterocycles. The van der Waals surface area contributed by atoms with Gasteiger partial charge in [-0.15, -0.1) is 0 Å². The molecule has 76 valence electrons. The van der Waals surface area contributed by atoms with Gasteiger partial charge in [-0.25, -0.2) is 0 Å². The van der Waals surface area contributed by atoms with E-state index in [9.17, 15) is 5.11 Å². The molecule has 2 nitrogen and oxygen atoms in total. The van der Waals surface area contributed by atoms with Crippen LogP contribution >= 0.6 is 0 Å². The number of aliphatic hydroxyl groups is 1. The van der Waals surface area contributed by atoms with Crippen molar-refractivity contribution in [1.29, 1.82) is 0 Å². The van der Waals surface area contributed by atoms with Crippen molar-refractivity contribution in [3.63, 3.8) is 0 Å². The Morgan fingerprint density at radius 2 is 1.54 bits per heavy atom. The van der Waals surface area contributed by atoms with Gasteiger partial charge in [-0.3, -0.25) is 0 Å². The Hall–Kier alpha value is -0.0800. The van der Waals surface area contributed by atoms with Crippen molar-refractivity contribution < 1.29 is 5.11 Å². The summed E-state index contributed by atoms with van der Waals surface area (Å²) in [5, 5.41) is 10.0. The summed E-state index contributed by atoms with van der Waals surface area (Å²) < 4.78 is 0. The van der Waals surface area contributed by atoms with Crippen molar-refractivity contribution in [3.8, 4) is 0 Å². The quantitative estimate of drug-likeness (QED) is 0.600. The van der Waals surface area contributed by atoms with Gasteiger partial charge >= 0.3 is 0 Å². The van der Waals surface area contributed by atoms with Gasteiger partial charge in [0.05, 0.1) is 5.60 Å². The number of hydrogen-bond acceptors (Lipinski definition) is 2. The van der Waals surface area contributed by atoms with Crippen LogP contribution < -0.4 is 5.73 Å². The third-order valence-electron chi connectivity index (χ3n) is 3.63. The van der Waals surface area contributed by atoms with Crippen LogP contribution in [-0.4, -0.2) is 16.2 Å². The Morgan fingerprint density at radius 1 is 1.08 bits per heavy atom. The van der Waals surface area contributed by atoms with Crippen molar-refractivity contribution in [2.45, 2.75) is 57.1 Å². The Labute approximate surface area is 80.5 Å². The van der Waals surface area contributed by atoms with Gasteiger partial charge in [-0.1, -0.05) is 0 Å². The van der Waals surface area contributed by atoms with Gasteiger partial charge in [0.15, 0.2) is 0 Å². The second kappa shape index (κ2) is 2.71. The van der Waals surface area contributed by atoms with E-state index in [2.05, 4.69) is 6.92 Å². The molecular formula is C11H21NO. The first-order valence-electron chi connectivity index (χ1n) is 5.38. The lowest BCUT2D eigenvalue weighted by Crippen LogP contribution is -2.50. The zero-order valence-electron chi connectivity index (χ0n) is 8.71. The van der Waals surface area contributed by atoms with Crippen molar-refractivity contribution in [2.24, 2.45) is 17.6 Å². The molecule has 3 N–H and O–H groups in total. The summed E-state index contributed by atoms with van der Waals surface area (Å²) in [7, 11) is 0. The van der Waals surface area contributed by atoms with Crippen LogP contribution in [0.1, 0.15) is 46.0 Å². The average molecular weight is 183 g/mol. The van der Waals surface area contributed by atoms with Gasteiger partial charge in [0.2, 0.25) is 0 Å². The van der Waals surface area contributed by atoms with Gasteiger partial charge < -0.3 is 10.8 Å². The SMILES string of the molecule is CC1(N)CC2CC(C1)CC(C)(O)C2. The summed E-state index contributed by atoms with van der Waals surface area (Å²) >= 11 is 0. The highest BCUT2D eigenvalue weighted by molar-refractivity contribution is 4.98. The molecule has 2 aliphatic rings. The Balaban J connectivity index is 2.10. The van der Waals surface area contributed by atoms with E-state index in [0.29, 0.717) is 11.8 Å². The first-order valence-corrected chi connectivity index (χ1v) is 5.38. The molecule has 0 aromatic rings. The predicted octanol–water partition coefficient (Wildman–Crippen LogP) is 1.66. The summed E-state index contributed by atoms with van der Waals surface area (Å²) in [6, 6.07) is 0. The molecule has 2 atom stereocenters. The molecule has 0 radical (unpaired) electrons. The Bertz CT molecular complexity index is 172. The number of rotatable bonds is 0. The maximum absolute atomic E-state index is 10.0. The molecule has 0 aromatic carbocycles. The topological polar surface area (TPSA) is 46.2 Å². The largest absolute Gasteiger partial charge is 0.390 e. The van der Waals surface area contributed by atoms with Crippen LogP contribution in [0.15, 0.2) is 0 Å². The van der Waals surface area contributed by atoms with E-state index in [1.54, 1.807) is 0 Å². The average Bonchev–Trinajstić information content (AvgIpc) is 1.75. The van der Waals surface area contributed by atoms with Crippen LogP contribution in [0.25, 0.3) is 0 Å². The molecule has 13 heavy (non-hydrogen) atoms. The molecule has 0 saturated heterocycles. The van der Waals surface area contributed by atoms with E-state index in [-0.39, 0.29) is 5.54 Å². The minimum absolute atomic E-state index is 0.0318. The van der Waals surface area contributed by atoms with Crippen LogP contribution in [0.4, 0.5) is 0 Å². The van der Waals surface area contributed by atoms with Crippen molar-refractivity contribution in [2.75, 3.05) is 0 Å². The second-order valence-corrected chi connectivity index (χ2v) is 5.94. The van der Waals surface area contributed by atoms with Crippen molar-refractivity contribution in [1.82, 2.24) is 0 Å². The van der Waals surface area contributed by atoms with E-state index in [4.69, 9.17) is 5.73 Å². The number of nitrogens with two attached hydrogens (primary N) is 1. The third kappa shape index (κ3) is 2.05. The Kier molecular flexibility index (Phi) is 1.97. The lowest BCUT2D eigenvalue weighted by Gasteiger charge is -2.48. The molecule has 2 rings (SSSR count). The molecule has 2 aliphatic carbocycles. The molecule has 2 unspecified atom stereocenters. The summed E-state index contributed by atoms with van der Waals surface area (Å²) in [6.07, 6.45) is 5.40. The molecule has 2 heteroatoms. The normalized spacial score (nSPS) is 56.3. The van der Waals surface area contributed by atoms with E-state index in [1.807, 2.05) is 6.92 Å². The molecule has 0 heterocycles. The fourth-order valence-electron chi connectivity index (χ4n) is 3.68. The molecule has 0 spiro atoms. The fourth-order valence-corrected chi connectivity index (χ4v) is 3.68. The highest BCUT2D eigenvalue weighted by Crippen LogP contribution is 2.46. The first kappa shape index (κ1) is 9.47. The molecule has 2 saturated carbocycles.